The molecule has 0 aliphatic heterocycles. The number of fused-ring (bicyclic) bond motifs is 1. The third kappa shape index (κ3) is 1.80. The normalized spacial score (nSPS) is 10.9. The number of hydrogen-bond acceptors (Lipinski definition) is 3. The molecule has 2 aromatic heterocycles. The maximum atomic E-state index is 13.3. The Kier molecular flexibility index (Phi) is 2.36. The maximum Gasteiger partial charge on any atom is 0.140 e. The first-order valence-corrected chi connectivity index (χ1v) is 5.65. The summed E-state index contributed by atoms with van der Waals surface area (Å²) in [4.78, 5) is 7.41. The largest absolute Gasteiger partial charge is 0.338 e. The first kappa shape index (κ1) is 10.3. The Morgan fingerprint density at radius 3 is 2.88 bits per heavy atom. The van der Waals surface area contributed by atoms with Gasteiger partial charge >= 0.3 is 0 Å². The molecule has 0 fully saturated rings. The first-order chi connectivity index (χ1) is 8.24. The lowest BCUT2D eigenvalue weighted by molar-refractivity contribution is 0.623. The minimum absolute atomic E-state index is 0.319. The van der Waals surface area contributed by atoms with E-state index in [1.807, 2.05) is 0 Å². The number of imidazole rings is 1. The van der Waals surface area contributed by atoms with E-state index >= 15 is 0 Å². The minimum Gasteiger partial charge on any atom is -0.338 e. The van der Waals surface area contributed by atoms with Gasteiger partial charge < -0.3 is 4.98 Å². The summed E-state index contributed by atoms with van der Waals surface area (Å²) in [6, 6.07) is 4.83. The van der Waals surface area contributed by atoms with Crippen molar-refractivity contribution in [3.63, 3.8) is 0 Å². The highest BCUT2D eigenvalue weighted by molar-refractivity contribution is 9.10. The molecule has 0 amide bonds. The van der Waals surface area contributed by atoms with E-state index in [9.17, 15) is 4.39 Å². The summed E-state index contributed by atoms with van der Waals surface area (Å²) in [6.45, 7) is 0. The zero-order chi connectivity index (χ0) is 11.8. The Morgan fingerprint density at radius 1 is 1.24 bits per heavy atom. The van der Waals surface area contributed by atoms with Crippen LogP contribution in [0.3, 0.4) is 0 Å². The van der Waals surface area contributed by atoms with E-state index in [0.29, 0.717) is 21.3 Å². The molecule has 0 unspecified atom stereocenters. The van der Waals surface area contributed by atoms with Gasteiger partial charge in [-0.3, -0.25) is 0 Å². The molecule has 0 spiro atoms. The third-order valence-electron chi connectivity index (χ3n) is 2.38. The second kappa shape index (κ2) is 3.89. The Bertz CT molecular complexity index is 642. The topological polar surface area (TPSA) is 54.5 Å². The molecule has 0 atom stereocenters. The highest BCUT2D eigenvalue weighted by atomic mass is 79.9. The predicted molar refractivity (Wildman–Crippen MR) is 64.8 cm³/mol. The lowest BCUT2D eigenvalue weighted by atomic mass is 10.3. The van der Waals surface area contributed by atoms with Crippen LogP contribution in [0.4, 0.5) is 4.39 Å². The van der Waals surface area contributed by atoms with Gasteiger partial charge in [-0.2, -0.15) is 10.2 Å². The summed E-state index contributed by atoms with van der Waals surface area (Å²) < 4.78 is 13.7. The van der Waals surface area contributed by atoms with Crippen LogP contribution in [0.25, 0.3) is 22.4 Å². The van der Waals surface area contributed by atoms with Crippen LogP contribution >= 0.6 is 15.9 Å². The van der Waals surface area contributed by atoms with Gasteiger partial charge in [0.15, 0.2) is 0 Å². The van der Waals surface area contributed by atoms with Gasteiger partial charge in [-0.15, -0.1) is 0 Å². The molecule has 0 bridgehead atoms. The van der Waals surface area contributed by atoms with E-state index in [4.69, 9.17) is 0 Å². The second-order valence-electron chi connectivity index (χ2n) is 3.50. The average Bonchev–Trinajstić information content (AvgIpc) is 2.74. The van der Waals surface area contributed by atoms with Crippen molar-refractivity contribution in [2.24, 2.45) is 0 Å². The van der Waals surface area contributed by atoms with Crippen LogP contribution in [0.15, 0.2) is 35.1 Å². The third-order valence-corrected chi connectivity index (χ3v) is 2.99. The molecule has 2 heterocycles. The molecule has 4 nitrogen and oxygen atoms in total. The van der Waals surface area contributed by atoms with E-state index in [-0.39, 0.29) is 5.82 Å². The zero-order valence-electron chi connectivity index (χ0n) is 8.48. The predicted octanol–water partition coefficient (Wildman–Crippen LogP) is 2.92. The summed E-state index contributed by atoms with van der Waals surface area (Å²) in [5.74, 6) is 0.327. The van der Waals surface area contributed by atoms with Crippen LogP contribution in [0.2, 0.25) is 0 Å². The molecule has 6 heteroatoms. The highest BCUT2D eigenvalue weighted by Gasteiger charge is 2.08. The highest BCUT2D eigenvalue weighted by Crippen LogP contribution is 2.24. The summed E-state index contributed by atoms with van der Waals surface area (Å²) >= 11 is 3.13. The first-order valence-electron chi connectivity index (χ1n) is 4.86. The summed E-state index contributed by atoms with van der Waals surface area (Å²) in [7, 11) is 0. The van der Waals surface area contributed by atoms with Crippen LogP contribution in [0.1, 0.15) is 0 Å². The van der Waals surface area contributed by atoms with Gasteiger partial charge in [-0.05, 0) is 28.1 Å². The lowest BCUT2D eigenvalue weighted by Gasteiger charge is -1.92. The number of hydrogen-bond donors (Lipinski definition) is 1. The summed E-state index contributed by atoms with van der Waals surface area (Å²) in [5, 5.41) is 7.47. The lowest BCUT2D eigenvalue weighted by Crippen LogP contribution is -1.83. The van der Waals surface area contributed by atoms with Crippen molar-refractivity contribution in [1.29, 1.82) is 0 Å². The number of rotatable bonds is 1. The second-order valence-corrected chi connectivity index (χ2v) is 4.35. The van der Waals surface area contributed by atoms with Gasteiger partial charge in [0, 0.05) is 11.6 Å². The molecule has 1 aromatic carbocycles. The molecule has 3 aromatic rings. The Morgan fingerprint density at radius 2 is 2.12 bits per heavy atom. The summed E-state index contributed by atoms with van der Waals surface area (Å²) in [6.07, 6.45) is 3.18. The molecule has 84 valence electrons. The maximum absolute atomic E-state index is 13.3. The minimum atomic E-state index is -0.319. The van der Waals surface area contributed by atoms with Gasteiger partial charge in [0.1, 0.15) is 11.6 Å². The van der Waals surface area contributed by atoms with Crippen molar-refractivity contribution in [2.75, 3.05) is 0 Å². The number of nitrogens with one attached hydrogen (secondary N) is 1. The Hall–Kier alpha value is -1.82. The fourth-order valence-electron chi connectivity index (χ4n) is 1.57. The Labute approximate surface area is 104 Å². The van der Waals surface area contributed by atoms with Crippen molar-refractivity contribution >= 4 is 27.0 Å². The molecule has 0 radical (unpaired) electrons. The van der Waals surface area contributed by atoms with Gasteiger partial charge in [0.2, 0.25) is 0 Å². The molecular weight excluding hydrogens is 287 g/mol. The fourth-order valence-corrected chi connectivity index (χ4v) is 1.90. The van der Waals surface area contributed by atoms with Crippen molar-refractivity contribution in [2.45, 2.75) is 0 Å². The number of benzene rings is 1. The van der Waals surface area contributed by atoms with Gasteiger partial charge in [0.25, 0.3) is 0 Å². The molecule has 17 heavy (non-hydrogen) atoms. The molecule has 1 N–H and O–H groups in total. The van der Waals surface area contributed by atoms with E-state index < -0.39 is 0 Å². The van der Waals surface area contributed by atoms with Gasteiger partial charge in [0.05, 0.1) is 27.9 Å². The number of H-pyrrole nitrogens is 1. The monoisotopic (exact) mass is 292 g/mol. The van der Waals surface area contributed by atoms with Crippen molar-refractivity contribution in [3.8, 4) is 11.4 Å². The number of aromatic nitrogens is 4. The average molecular weight is 293 g/mol. The fraction of sp³-hybridized carbons (Fsp3) is 0. The number of halogens is 2. The molecular formula is C11H6BrFN4. The number of aromatic amines is 1. The van der Waals surface area contributed by atoms with Gasteiger partial charge in [-0.25, -0.2) is 9.37 Å². The van der Waals surface area contributed by atoms with E-state index in [1.165, 1.54) is 6.07 Å². The molecule has 0 saturated heterocycles. The van der Waals surface area contributed by atoms with Crippen molar-refractivity contribution in [1.82, 2.24) is 20.2 Å². The smallest absolute Gasteiger partial charge is 0.140 e. The SMILES string of the molecule is Fc1cc2[nH]c(-c3ccnnc3)nc2cc1Br. The standard InChI is InChI=1S/C11H6BrFN4/c12-7-3-9-10(4-8(7)13)17-11(16-9)6-1-2-14-15-5-6/h1-5H,(H,16,17). The van der Waals surface area contributed by atoms with Crippen LogP contribution in [0, 0.1) is 5.82 Å². The molecule has 0 aliphatic rings. The van der Waals surface area contributed by atoms with Crippen LogP contribution in [-0.4, -0.2) is 20.2 Å². The summed E-state index contributed by atoms with van der Waals surface area (Å²) in [5.41, 5.74) is 2.16. The van der Waals surface area contributed by atoms with Crippen LogP contribution < -0.4 is 0 Å². The Balaban J connectivity index is 2.21. The van der Waals surface area contributed by atoms with Crippen LogP contribution in [-0.2, 0) is 0 Å². The molecule has 3 rings (SSSR count). The van der Waals surface area contributed by atoms with E-state index in [0.717, 1.165) is 5.56 Å². The quantitative estimate of drug-likeness (QED) is 0.750. The zero-order valence-corrected chi connectivity index (χ0v) is 10.1. The van der Waals surface area contributed by atoms with Crippen molar-refractivity contribution < 1.29 is 4.39 Å². The van der Waals surface area contributed by atoms with E-state index in [1.54, 1.807) is 24.5 Å². The van der Waals surface area contributed by atoms with Gasteiger partial charge in [-0.1, -0.05) is 0 Å². The van der Waals surface area contributed by atoms with Crippen molar-refractivity contribution in [3.05, 3.63) is 40.9 Å². The van der Waals surface area contributed by atoms with Crippen LogP contribution in [0.5, 0.6) is 0 Å². The number of nitrogens with zero attached hydrogens (tertiary/aromatic N) is 3. The van der Waals surface area contributed by atoms with E-state index in [2.05, 4.69) is 36.1 Å². The molecule has 0 aliphatic carbocycles. The molecule has 0 saturated carbocycles.